The van der Waals surface area contributed by atoms with Crippen molar-refractivity contribution in [3.63, 3.8) is 0 Å². The predicted octanol–water partition coefficient (Wildman–Crippen LogP) is 2.29. The molecule has 12 nitrogen and oxygen atoms in total. The second kappa shape index (κ2) is 17.8. The highest BCUT2D eigenvalue weighted by Gasteiger charge is 2.08. The average Bonchev–Trinajstić information content (AvgIpc) is 3.19. The van der Waals surface area contributed by atoms with E-state index in [1.807, 2.05) is 31.1 Å². The van der Waals surface area contributed by atoms with E-state index in [9.17, 15) is 20.2 Å². The van der Waals surface area contributed by atoms with Gasteiger partial charge in [-0.2, -0.15) is 11.8 Å². The molecule has 1 aromatic heterocycles. The monoisotopic (exact) mass is 499 g/mol. The Kier molecular flexibility index (Phi) is 15.3. The molecule has 0 aliphatic rings. The molecule has 192 valence electrons. The van der Waals surface area contributed by atoms with Crippen molar-refractivity contribution >= 4 is 23.4 Å². The number of hydrogen-bond donors (Lipinski definition) is 2. The maximum absolute atomic E-state index is 10.9. The Morgan fingerprint density at radius 2 is 1.65 bits per heavy atom. The summed E-state index contributed by atoms with van der Waals surface area (Å²) in [4.78, 5) is 30.9. The van der Waals surface area contributed by atoms with Crippen LogP contribution in [0.2, 0.25) is 0 Å². The third-order valence-corrected chi connectivity index (χ3v) is 5.53. The molecule has 0 bridgehead atoms. The van der Waals surface area contributed by atoms with Crippen LogP contribution in [0.4, 0.5) is 0 Å². The molecule has 0 saturated carbocycles. The summed E-state index contributed by atoms with van der Waals surface area (Å²) in [5, 5.41) is 27.5. The summed E-state index contributed by atoms with van der Waals surface area (Å²) in [5.41, 5.74) is 0. The van der Waals surface area contributed by atoms with Crippen LogP contribution in [0.15, 0.2) is 26.5 Å². The van der Waals surface area contributed by atoms with Gasteiger partial charge in [0.05, 0.1) is 12.3 Å². The van der Waals surface area contributed by atoms with Gasteiger partial charge >= 0.3 is 0 Å². The highest BCUT2D eigenvalue weighted by molar-refractivity contribution is 7.98. The molecule has 0 atom stereocenters. The van der Waals surface area contributed by atoms with Crippen molar-refractivity contribution < 1.29 is 14.3 Å². The van der Waals surface area contributed by atoms with E-state index < -0.39 is 4.92 Å². The van der Waals surface area contributed by atoms with Crippen molar-refractivity contribution in [3.05, 3.63) is 43.9 Å². The number of amidine groups is 2. The standard InChI is InChI=1S/C21H37N7O5S/c1-22-20(15-27(29)30)23-10-6-4-5-7-11-24-21(16-28(31)32)25-12-13-34-17-19-9-8-18(33-19)14-26(2)3/h8-9H,4-7,10-17H2,1-3H3,(H,22,23)(H,24,25). The zero-order valence-corrected chi connectivity index (χ0v) is 21.1. The quantitative estimate of drug-likeness (QED) is 0.102. The minimum atomic E-state index is -0.413. The summed E-state index contributed by atoms with van der Waals surface area (Å²) < 4.78 is 5.78. The molecule has 13 heteroatoms. The topological polar surface area (TPSA) is 151 Å². The number of unbranched alkanes of at least 4 members (excludes halogenated alkanes) is 3. The molecule has 0 radical (unpaired) electrons. The van der Waals surface area contributed by atoms with E-state index in [4.69, 9.17) is 4.42 Å². The van der Waals surface area contributed by atoms with Crippen LogP contribution in [-0.2, 0) is 12.3 Å². The maximum Gasteiger partial charge on any atom is 0.259 e. The summed E-state index contributed by atoms with van der Waals surface area (Å²) in [6.07, 6.45) is 3.56. The Morgan fingerprint density at radius 3 is 2.32 bits per heavy atom. The number of rotatable bonds is 18. The van der Waals surface area contributed by atoms with Crippen molar-refractivity contribution in [1.82, 2.24) is 15.5 Å². The van der Waals surface area contributed by atoms with Crippen molar-refractivity contribution in [3.8, 4) is 0 Å². The number of nitrogens with one attached hydrogen (secondary N) is 2. The van der Waals surface area contributed by atoms with Gasteiger partial charge in [0.2, 0.25) is 0 Å². The first kappa shape index (κ1) is 29.4. The minimum Gasteiger partial charge on any atom is -0.464 e. The molecule has 0 amide bonds. The van der Waals surface area contributed by atoms with Crippen molar-refractivity contribution in [2.75, 3.05) is 59.6 Å². The van der Waals surface area contributed by atoms with E-state index >= 15 is 0 Å². The van der Waals surface area contributed by atoms with Gasteiger partial charge in [-0.15, -0.1) is 0 Å². The van der Waals surface area contributed by atoms with Crippen molar-refractivity contribution in [1.29, 1.82) is 0 Å². The Balaban J connectivity index is 2.20. The van der Waals surface area contributed by atoms with Gasteiger partial charge in [0, 0.05) is 42.3 Å². The lowest BCUT2D eigenvalue weighted by atomic mass is 10.2. The Hall–Kier alpha value is -2.67. The molecule has 0 aliphatic heterocycles. The first-order valence-electron chi connectivity index (χ1n) is 11.3. The summed E-state index contributed by atoms with van der Waals surface area (Å²) in [5.74, 6) is 4.18. The van der Waals surface area contributed by atoms with E-state index in [0.29, 0.717) is 31.3 Å². The van der Waals surface area contributed by atoms with E-state index in [2.05, 4.69) is 20.6 Å². The molecule has 0 fully saturated rings. The fraction of sp³-hybridized carbons (Fsp3) is 0.714. The molecular weight excluding hydrogens is 462 g/mol. The molecule has 0 saturated heterocycles. The summed E-state index contributed by atoms with van der Waals surface area (Å²) in [6.45, 7) is 1.92. The van der Waals surface area contributed by atoms with Crippen molar-refractivity contribution in [2.45, 2.75) is 38.0 Å². The SMILES string of the molecule is CN=C(C[N+](=O)[O-])NCCCCCCN=C(C[N+](=O)[O-])NCCSCc1ccc(CN(C)C)o1. The van der Waals surface area contributed by atoms with Crippen LogP contribution in [-0.4, -0.2) is 86.0 Å². The number of thioether (sulfide) groups is 1. The molecule has 2 N–H and O–H groups in total. The molecule has 0 aliphatic carbocycles. The highest BCUT2D eigenvalue weighted by Crippen LogP contribution is 2.15. The van der Waals surface area contributed by atoms with Gasteiger partial charge in [-0.1, -0.05) is 12.8 Å². The van der Waals surface area contributed by atoms with E-state index in [1.165, 1.54) is 7.05 Å². The Morgan fingerprint density at radius 1 is 1.00 bits per heavy atom. The lowest BCUT2D eigenvalue weighted by molar-refractivity contribution is -0.463. The second-order valence-corrected chi connectivity index (χ2v) is 9.01. The van der Waals surface area contributed by atoms with Crippen LogP contribution in [0.5, 0.6) is 0 Å². The minimum absolute atomic E-state index is 0.295. The van der Waals surface area contributed by atoms with Gasteiger partial charge in [0.15, 0.2) is 11.7 Å². The summed E-state index contributed by atoms with van der Waals surface area (Å²) in [6, 6.07) is 3.97. The van der Waals surface area contributed by atoms with Gasteiger partial charge in [-0.05, 0) is 39.1 Å². The van der Waals surface area contributed by atoms with Crippen LogP contribution in [0.25, 0.3) is 0 Å². The number of nitrogens with zero attached hydrogens (tertiary/aromatic N) is 5. The van der Waals surface area contributed by atoms with E-state index in [-0.39, 0.29) is 18.0 Å². The number of nitro groups is 2. The summed E-state index contributed by atoms with van der Waals surface area (Å²) >= 11 is 1.70. The van der Waals surface area contributed by atoms with Gasteiger partial charge in [0.1, 0.15) is 11.5 Å². The Labute approximate surface area is 205 Å². The third-order valence-electron chi connectivity index (χ3n) is 4.55. The molecule has 0 unspecified atom stereocenters. The first-order valence-corrected chi connectivity index (χ1v) is 12.5. The van der Waals surface area contributed by atoms with Gasteiger partial charge in [0.25, 0.3) is 13.1 Å². The number of aliphatic imine (C=N–C) groups is 2. The van der Waals surface area contributed by atoms with Crippen molar-refractivity contribution in [2.24, 2.45) is 9.98 Å². The van der Waals surface area contributed by atoms with Crippen LogP contribution in [0.3, 0.4) is 0 Å². The molecular formula is C21H37N7O5S. The van der Waals surface area contributed by atoms with Crippen LogP contribution in [0, 0.1) is 20.2 Å². The normalized spacial score (nSPS) is 12.2. The zero-order chi connectivity index (χ0) is 25.2. The fourth-order valence-electron chi connectivity index (χ4n) is 2.99. The molecule has 34 heavy (non-hydrogen) atoms. The fourth-order valence-corrected chi connectivity index (χ4v) is 3.73. The van der Waals surface area contributed by atoms with Gasteiger partial charge < -0.3 is 20.0 Å². The van der Waals surface area contributed by atoms with Gasteiger partial charge in [-0.3, -0.25) is 30.2 Å². The second-order valence-electron chi connectivity index (χ2n) is 7.91. The molecule has 0 spiro atoms. The molecule has 1 heterocycles. The lowest BCUT2D eigenvalue weighted by Gasteiger charge is -2.07. The molecule has 1 rings (SSSR count). The number of furan rings is 1. The van der Waals surface area contributed by atoms with Crippen LogP contribution < -0.4 is 10.6 Å². The van der Waals surface area contributed by atoms with E-state index in [1.54, 1.807) is 11.8 Å². The third kappa shape index (κ3) is 15.2. The molecule has 1 aromatic rings. The largest absolute Gasteiger partial charge is 0.464 e. The zero-order valence-electron chi connectivity index (χ0n) is 20.3. The highest BCUT2D eigenvalue weighted by atomic mass is 32.2. The lowest BCUT2D eigenvalue weighted by Crippen LogP contribution is -2.32. The smallest absolute Gasteiger partial charge is 0.259 e. The predicted molar refractivity (Wildman–Crippen MR) is 136 cm³/mol. The maximum atomic E-state index is 10.9. The van der Waals surface area contributed by atoms with Gasteiger partial charge in [-0.25, -0.2) is 0 Å². The summed E-state index contributed by atoms with van der Waals surface area (Å²) in [7, 11) is 5.51. The first-order chi connectivity index (χ1) is 16.3. The molecule has 0 aromatic carbocycles. The Bertz CT molecular complexity index is 798. The van der Waals surface area contributed by atoms with E-state index in [0.717, 1.165) is 55.3 Å². The van der Waals surface area contributed by atoms with Crippen LogP contribution >= 0.6 is 11.8 Å². The number of hydrogen-bond acceptors (Lipinski definition) is 9. The van der Waals surface area contributed by atoms with Crippen LogP contribution in [0.1, 0.15) is 37.2 Å². The average molecular weight is 500 g/mol.